The lowest BCUT2D eigenvalue weighted by atomic mass is 10.0. The third kappa shape index (κ3) is 1.54. The van der Waals surface area contributed by atoms with Crippen LogP contribution in [-0.4, -0.2) is 9.97 Å². The van der Waals surface area contributed by atoms with Gasteiger partial charge in [-0.1, -0.05) is 12.1 Å². The van der Waals surface area contributed by atoms with Crippen molar-refractivity contribution < 1.29 is 4.39 Å². The van der Waals surface area contributed by atoms with Crippen LogP contribution in [0.25, 0.3) is 22.2 Å². The molecule has 1 N–H and O–H groups in total. The van der Waals surface area contributed by atoms with E-state index in [2.05, 4.69) is 9.97 Å². The van der Waals surface area contributed by atoms with E-state index in [1.165, 1.54) is 6.33 Å². The summed E-state index contributed by atoms with van der Waals surface area (Å²) in [5, 5.41) is 8.73. The molecular weight excluding hydrogens is 229 g/mol. The first-order chi connectivity index (χ1) is 8.79. The molecule has 1 aromatic heterocycles. The van der Waals surface area contributed by atoms with Gasteiger partial charge in [-0.3, -0.25) is 0 Å². The Hall–Kier alpha value is -2.67. The molecule has 0 spiro atoms. The molecule has 0 saturated heterocycles. The number of fused-ring (bicyclic) bond motifs is 1. The summed E-state index contributed by atoms with van der Waals surface area (Å²) in [5.74, 6) is -0.349. The van der Waals surface area contributed by atoms with Gasteiger partial charge < -0.3 is 4.98 Å². The Kier molecular flexibility index (Phi) is 2.31. The molecule has 1 heterocycles. The molecule has 18 heavy (non-hydrogen) atoms. The maximum atomic E-state index is 14.2. The van der Waals surface area contributed by atoms with E-state index in [4.69, 9.17) is 5.26 Å². The lowest BCUT2D eigenvalue weighted by molar-refractivity contribution is 0.640. The topological polar surface area (TPSA) is 52.5 Å². The van der Waals surface area contributed by atoms with E-state index < -0.39 is 0 Å². The molecule has 0 radical (unpaired) electrons. The molecule has 3 rings (SSSR count). The van der Waals surface area contributed by atoms with Gasteiger partial charge >= 0.3 is 0 Å². The maximum absolute atomic E-state index is 14.2. The summed E-state index contributed by atoms with van der Waals surface area (Å²) in [6.07, 6.45) is 1.47. The van der Waals surface area contributed by atoms with Crippen LogP contribution in [0.15, 0.2) is 42.7 Å². The second-order valence-corrected chi connectivity index (χ2v) is 3.91. The summed E-state index contributed by atoms with van der Waals surface area (Å²) >= 11 is 0. The van der Waals surface area contributed by atoms with Gasteiger partial charge in [-0.15, -0.1) is 0 Å². The van der Waals surface area contributed by atoms with Crippen LogP contribution in [0.5, 0.6) is 0 Å². The third-order valence-corrected chi connectivity index (χ3v) is 2.85. The second-order valence-electron chi connectivity index (χ2n) is 3.91. The molecule has 0 saturated carbocycles. The molecule has 2 aromatic carbocycles. The van der Waals surface area contributed by atoms with Crippen LogP contribution in [0.4, 0.5) is 4.39 Å². The van der Waals surface area contributed by atoms with Crippen LogP contribution in [0.2, 0.25) is 0 Å². The van der Waals surface area contributed by atoms with Crippen LogP contribution in [0, 0.1) is 17.1 Å². The zero-order valence-corrected chi connectivity index (χ0v) is 9.31. The standard InChI is InChI=1S/C14H8FN3/c15-13-11(5-6-12-14(13)18-8-17-12)10-3-1-9(7-16)2-4-10/h1-6,8H,(H,17,18). The number of aromatic amines is 1. The molecule has 0 atom stereocenters. The summed E-state index contributed by atoms with van der Waals surface area (Å²) < 4.78 is 14.2. The van der Waals surface area contributed by atoms with E-state index in [1.807, 2.05) is 6.07 Å². The Morgan fingerprint density at radius 3 is 2.61 bits per heavy atom. The number of imidazole rings is 1. The highest BCUT2D eigenvalue weighted by molar-refractivity contribution is 5.82. The monoisotopic (exact) mass is 237 g/mol. The van der Waals surface area contributed by atoms with Gasteiger partial charge in [0.2, 0.25) is 0 Å². The van der Waals surface area contributed by atoms with Crippen molar-refractivity contribution in [3.8, 4) is 17.2 Å². The van der Waals surface area contributed by atoms with Gasteiger partial charge in [0.05, 0.1) is 23.5 Å². The number of nitrogens with one attached hydrogen (secondary N) is 1. The van der Waals surface area contributed by atoms with Gasteiger partial charge in [0.1, 0.15) is 5.52 Å². The summed E-state index contributed by atoms with van der Waals surface area (Å²) in [4.78, 5) is 6.82. The van der Waals surface area contributed by atoms with Crippen molar-refractivity contribution in [2.75, 3.05) is 0 Å². The van der Waals surface area contributed by atoms with Crippen molar-refractivity contribution in [2.24, 2.45) is 0 Å². The van der Waals surface area contributed by atoms with Crippen molar-refractivity contribution in [3.63, 3.8) is 0 Å². The van der Waals surface area contributed by atoms with Crippen molar-refractivity contribution >= 4 is 11.0 Å². The van der Waals surface area contributed by atoms with E-state index in [9.17, 15) is 4.39 Å². The maximum Gasteiger partial charge on any atom is 0.158 e. The van der Waals surface area contributed by atoms with E-state index in [-0.39, 0.29) is 5.82 Å². The predicted octanol–water partition coefficient (Wildman–Crippen LogP) is 3.24. The SMILES string of the molecule is N#Cc1ccc(-c2ccc3[nH]cnc3c2F)cc1. The Balaban J connectivity index is 2.18. The Morgan fingerprint density at radius 2 is 1.89 bits per heavy atom. The quantitative estimate of drug-likeness (QED) is 0.706. The average molecular weight is 237 g/mol. The van der Waals surface area contributed by atoms with Crippen molar-refractivity contribution in [1.29, 1.82) is 5.26 Å². The molecule has 0 amide bonds. The summed E-state index contributed by atoms with van der Waals surface area (Å²) in [7, 11) is 0. The molecule has 0 aliphatic heterocycles. The predicted molar refractivity (Wildman–Crippen MR) is 66.2 cm³/mol. The first-order valence-corrected chi connectivity index (χ1v) is 5.42. The van der Waals surface area contributed by atoms with Crippen LogP contribution in [-0.2, 0) is 0 Å². The molecule has 0 aliphatic carbocycles. The zero-order valence-electron chi connectivity index (χ0n) is 9.31. The lowest BCUT2D eigenvalue weighted by Gasteiger charge is -2.03. The van der Waals surface area contributed by atoms with Crippen LogP contribution >= 0.6 is 0 Å². The van der Waals surface area contributed by atoms with E-state index in [0.29, 0.717) is 22.2 Å². The molecule has 0 fully saturated rings. The number of benzene rings is 2. The number of H-pyrrole nitrogens is 1. The Bertz CT molecular complexity index is 751. The highest BCUT2D eigenvalue weighted by atomic mass is 19.1. The molecule has 86 valence electrons. The van der Waals surface area contributed by atoms with Crippen molar-refractivity contribution in [2.45, 2.75) is 0 Å². The largest absolute Gasteiger partial charge is 0.345 e. The van der Waals surface area contributed by atoms with Crippen molar-refractivity contribution in [3.05, 3.63) is 54.1 Å². The van der Waals surface area contributed by atoms with E-state index >= 15 is 0 Å². The van der Waals surface area contributed by atoms with Gasteiger partial charge in [0, 0.05) is 5.56 Å². The smallest absolute Gasteiger partial charge is 0.158 e. The van der Waals surface area contributed by atoms with Gasteiger partial charge in [0.15, 0.2) is 5.82 Å². The number of halogens is 1. The van der Waals surface area contributed by atoms with Crippen molar-refractivity contribution in [1.82, 2.24) is 9.97 Å². The third-order valence-electron chi connectivity index (χ3n) is 2.85. The van der Waals surface area contributed by atoms with Crippen LogP contribution < -0.4 is 0 Å². The van der Waals surface area contributed by atoms with Gasteiger partial charge in [-0.25, -0.2) is 9.37 Å². The minimum Gasteiger partial charge on any atom is -0.345 e. The number of hydrogen-bond acceptors (Lipinski definition) is 2. The van der Waals surface area contributed by atoms with E-state index in [0.717, 1.165) is 5.56 Å². The fourth-order valence-electron chi connectivity index (χ4n) is 1.92. The first-order valence-electron chi connectivity index (χ1n) is 5.42. The second kappa shape index (κ2) is 3.97. The van der Waals surface area contributed by atoms with E-state index in [1.54, 1.807) is 36.4 Å². The highest BCUT2D eigenvalue weighted by Crippen LogP contribution is 2.27. The normalized spacial score (nSPS) is 10.4. The molecule has 0 aliphatic rings. The average Bonchev–Trinajstić information content (AvgIpc) is 2.89. The minimum atomic E-state index is -0.349. The highest BCUT2D eigenvalue weighted by Gasteiger charge is 2.10. The molecular formula is C14H8FN3. The molecule has 3 nitrogen and oxygen atoms in total. The minimum absolute atomic E-state index is 0.330. The summed E-state index contributed by atoms with van der Waals surface area (Å²) in [5.41, 5.74) is 2.78. The Labute approximate surface area is 103 Å². The van der Waals surface area contributed by atoms with Crippen LogP contribution in [0.1, 0.15) is 5.56 Å². The summed E-state index contributed by atoms with van der Waals surface area (Å²) in [6, 6.07) is 12.3. The van der Waals surface area contributed by atoms with Crippen LogP contribution in [0.3, 0.4) is 0 Å². The number of hydrogen-bond donors (Lipinski definition) is 1. The fourth-order valence-corrected chi connectivity index (χ4v) is 1.92. The molecule has 3 aromatic rings. The lowest BCUT2D eigenvalue weighted by Crippen LogP contribution is -1.87. The molecule has 0 unspecified atom stereocenters. The summed E-state index contributed by atoms with van der Waals surface area (Å²) in [6.45, 7) is 0. The Morgan fingerprint density at radius 1 is 1.11 bits per heavy atom. The number of rotatable bonds is 1. The number of nitrogens with zero attached hydrogens (tertiary/aromatic N) is 2. The molecule has 0 bridgehead atoms. The van der Waals surface area contributed by atoms with Gasteiger partial charge in [-0.2, -0.15) is 5.26 Å². The molecule has 4 heteroatoms. The zero-order chi connectivity index (χ0) is 12.5. The van der Waals surface area contributed by atoms with Gasteiger partial charge in [0.25, 0.3) is 0 Å². The number of aromatic nitrogens is 2. The fraction of sp³-hybridized carbons (Fsp3) is 0. The van der Waals surface area contributed by atoms with Gasteiger partial charge in [-0.05, 0) is 29.8 Å². The first kappa shape index (κ1) is 10.5. The number of nitriles is 1.